The molecule has 0 aromatic carbocycles. The molecule has 1 saturated carbocycles. The van der Waals surface area contributed by atoms with E-state index >= 15 is 0 Å². The van der Waals surface area contributed by atoms with Crippen LogP contribution in [0.5, 0.6) is 0 Å². The second kappa shape index (κ2) is 14.8. The summed E-state index contributed by atoms with van der Waals surface area (Å²) >= 11 is 0. The van der Waals surface area contributed by atoms with E-state index in [4.69, 9.17) is 4.74 Å². The molecule has 0 unspecified atom stereocenters. The summed E-state index contributed by atoms with van der Waals surface area (Å²) in [7, 11) is 0. The van der Waals surface area contributed by atoms with Gasteiger partial charge in [-0.2, -0.15) is 0 Å². The maximum absolute atomic E-state index is 6.26. The zero-order chi connectivity index (χ0) is 17.5. The Labute approximate surface area is 152 Å². The Morgan fingerprint density at radius 1 is 0.750 bits per heavy atom. The number of hydrogen-bond donors (Lipinski definition) is 0. The summed E-state index contributed by atoms with van der Waals surface area (Å²) < 4.78 is 6.26. The van der Waals surface area contributed by atoms with E-state index in [9.17, 15) is 0 Å². The molecule has 1 rings (SSSR count). The number of allylic oxidation sites excluding steroid dienone is 2. The lowest BCUT2D eigenvalue weighted by molar-refractivity contribution is 0.172. The number of ether oxygens (including phenoxy) is 1. The standard InChI is InChI=1S/C23H44O/c1-4-7-10-11-12-13-16-23(22-17-18-22)24-20-19-21(14-8-5-2)15-9-6-3/h21H,4-20H2,1-3H3. The highest BCUT2D eigenvalue weighted by molar-refractivity contribution is 5.21. The molecule has 0 bridgehead atoms. The Balaban J connectivity index is 2.19. The van der Waals surface area contributed by atoms with Gasteiger partial charge in [-0.25, -0.2) is 0 Å². The molecule has 1 nitrogen and oxygen atoms in total. The van der Waals surface area contributed by atoms with Crippen LogP contribution in [0.15, 0.2) is 11.3 Å². The first-order valence-corrected chi connectivity index (χ1v) is 11.1. The molecule has 0 radical (unpaired) electrons. The average molecular weight is 337 g/mol. The van der Waals surface area contributed by atoms with Gasteiger partial charge in [-0.05, 0) is 37.2 Å². The Morgan fingerprint density at radius 3 is 1.92 bits per heavy atom. The molecule has 0 N–H and O–H groups in total. The minimum absolute atomic E-state index is 0.893. The zero-order valence-electron chi connectivity index (χ0n) is 17.0. The summed E-state index contributed by atoms with van der Waals surface area (Å²) in [6.45, 7) is 7.87. The summed E-state index contributed by atoms with van der Waals surface area (Å²) in [5.41, 5.74) is 1.63. The van der Waals surface area contributed by atoms with Gasteiger partial charge in [-0.15, -0.1) is 0 Å². The number of rotatable bonds is 17. The number of hydrogen-bond acceptors (Lipinski definition) is 1. The van der Waals surface area contributed by atoms with Crippen LogP contribution in [0.25, 0.3) is 0 Å². The molecule has 24 heavy (non-hydrogen) atoms. The van der Waals surface area contributed by atoms with Crippen molar-refractivity contribution < 1.29 is 4.74 Å². The molecule has 142 valence electrons. The molecule has 0 aromatic heterocycles. The van der Waals surface area contributed by atoms with Gasteiger partial charge in [-0.3, -0.25) is 0 Å². The molecule has 1 heteroatoms. The first-order chi connectivity index (χ1) is 11.8. The van der Waals surface area contributed by atoms with Gasteiger partial charge in [0.05, 0.1) is 12.4 Å². The lowest BCUT2D eigenvalue weighted by Crippen LogP contribution is -2.06. The van der Waals surface area contributed by atoms with Gasteiger partial charge in [0, 0.05) is 6.42 Å². The normalized spacial score (nSPS) is 13.6. The third-order valence-corrected chi connectivity index (χ3v) is 5.39. The number of unbranched alkanes of at least 4 members (excludes halogenated alkanes) is 7. The van der Waals surface area contributed by atoms with Crippen LogP contribution in [0.4, 0.5) is 0 Å². The summed E-state index contributed by atoms with van der Waals surface area (Å²) in [5, 5.41) is 0. The molecule has 1 aliphatic carbocycles. The quantitative estimate of drug-likeness (QED) is 0.192. The Kier molecular flexibility index (Phi) is 13.4. The molecule has 1 aliphatic rings. The molecule has 0 amide bonds. The van der Waals surface area contributed by atoms with Gasteiger partial charge in [0.25, 0.3) is 0 Å². The van der Waals surface area contributed by atoms with Crippen molar-refractivity contribution in [1.29, 1.82) is 0 Å². The molecule has 0 aliphatic heterocycles. The SMILES string of the molecule is CCCCCCCCC(OCCC(CCCC)CCCC)=C1CC1. The molecular formula is C23H44O. The highest BCUT2D eigenvalue weighted by Crippen LogP contribution is 2.34. The smallest absolute Gasteiger partial charge is 0.0951 e. The fourth-order valence-electron chi connectivity index (χ4n) is 3.53. The van der Waals surface area contributed by atoms with E-state index < -0.39 is 0 Å². The Hall–Kier alpha value is -0.460. The minimum atomic E-state index is 0.893. The molecule has 0 aromatic rings. The van der Waals surface area contributed by atoms with Gasteiger partial charge in [0.2, 0.25) is 0 Å². The average Bonchev–Trinajstić information content (AvgIpc) is 3.43. The second-order valence-electron chi connectivity index (χ2n) is 7.83. The largest absolute Gasteiger partial charge is 0.498 e. The van der Waals surface area contributed by atoms with E-state index in [0.29, 0.717) is 0 Å². The van der Waals surface area contributed by atoms with Crippen molar-refractivity contribution in [2.75, 3.05) is 6.61 Å². The van der Waals surface area contributed by atoms with Gasteiger partial charge in [0.1, 0.15) is 0 Å². The third kappa shape index (κ3) is 11.2. The fraction of sp³-hybridized carbons (Fsp3) is 0.913. The van der Waals surface area contributed by atoms with Crippen LogP contribution < -0.4 is 0 Å². The predicted molar refractivity (Wildman–Crippen MR) is 107 cm³/mol. The van der Waals surface area contributed by atoms with Crippen molar-refractivity contribution in [2.24, 2.45) is 5.92 Å². The van der Waals surface area contributed by atoms with Crippen molar-refractivity contribution >= 4 is 0 Å². The lowest BCUT2D eigenvalue weighted by Gasteiger charge is -2.18. The van der Waals surface area contributed by atoms with Crippen molar-refractivity contribution in [3.8, 4) is 0 Å². The second-order valence-corrected chi connectivity index (χ2v) is 7.83. The molecule has 0 saturated heterocycles. The fourth-order valence-corrected chi connectivity index (χ4v) is 3.53. The maximum Gasteiger partial charge on any atom is 0.0951 e. The molecule has 1 fully saturated rings. The summed E-state index contributed by atoms with van der Waals surface area (Å²) in [5.74, 6) is 2.28. The van der Waals surface area contributed by atoms with Gasteiger partial charge >= 0.3 is 0 Å². The highest BCUT2D eigenvalue weighted by Gasteiger charge is 2.19. The van der Waals surface area contributed by atoms with E-state index in [1.54, 1.807) is 5.57 Å². The molecule has 0 spiro atoms. The topological polar surface area (TPSA) is 9.23 Å². The summed E-state index contributed by atoms with van der Waals surface area (Å²) in [6, 6.07) is 0. The zero-order valence-corrected chi connectivity index (χ0v) is 17.0. The van der Waals surface area contributed by atoms with Crippen molar-refractivity contribution in [1.82, 2.24) is 0 Å². The van der Waals surface area contributed by atoms with Crippen LogP contribution in [0.2, 0.25) is 0 Å². The maximum atomic E-state index is 6.26. The first-order valence-electron chi connectivity index (χ1n) is 11.1. The predicted octanol–water partition coefficient (Wildman–Crippen LogP) is 8.19. The van der Waals surface area contributed by atoms with Crippen molar-refractivity contribution in [3.63, 3.8) is 0 Å². The molecule has 0 heterocycles. The Morgan fingerprint density at radius 2 is 1.33 bits per heavy atom. The van der Waals surface area contributed by atoms with Crippen LogP contribution in [0.1, 0.15) is 124 Å². The van der Waals surface area contributed by atoms with E-state index in [-0.39, 0.29) is 0 Å². The highest BCUT2D eigenvalue weighted by atomic mass is 16.5. The van der Waals surface area contributed by atoms with Gasteiger partial charge < -0.3 is 4.74 Å². The molecular weight excluding hydrogens is 292 g/mol. The first kappa shape index (κ1) is 21.6. The van der Waals surface area contributed by atoms with E-state index in [1.807, 2.05) is 0 Å². The van der Waals surface area contributed by atoms with Crippen LogP contribution >= 0.6 is 0 Å². The summed E-state index contributed by atoms with van der Waals surface area (Å²) in [4.78, 5) is 0. The van der Waals surface area contributed by atoms with E-state index in [2.05, 4.69) is 20.8 Å². The minimum Gasteiger partial charge on any atom is -0.498 e. The van der Waals surface area contributed by atoms with Crippen LogP contribution in [-0.4, -0.2) is 6.61 Å². The molecule has 0 atom stereocenters. The van der Waals surface area contributed by atoms with Gasteiger partial charge in [-0.1, -0.05) is 91.4 Å². The van der Waals surface area contributed by atoms with E-state index in [1.165, 1.54) is 108 Å². The summed E-state index contributed by atoms with van der Waals surface area (Å²) in [6.07, 6.45) is 21.6. The van der Waals surface area contributed by atoms with Crippen molar-refractivity contribution in [3.05, 3.63) is 11.3 Å². The monoisotopic (exact) mass is 336 g/mol. The van der Waals surface area contributed by atoms with Gasteiger partial charge in [0.15, 0.2) is 0 Å². The lowest BCUT2D eigenvalue weighted by atomic mass is 9.93. The van der Waals surface area contributed by atoms with E-state index in [0.717, 1.165) is 12.5 Å². The van der Waals surface area contributed by atoms with Crippen LogP contribution in [0.3, 0.4) is 0 Å². The van der Waals surface area contributed by atoms with Crippen LogP contribution in [-0.2, 0) is 4.74 Å². The third-order valence-electron chi connectivity index (χ3n) is 5.39. The van der Waals surface area contributed by atoms with Crippen LogP contribution in [0, 0.1) is 5.92 Å². The Bertz CT molecular complexity index is 304. The van der Waals surface area contributed by atoms with Crippen molar-refractivity contribution in [2.45, 2.75) is 124 Å².